The van der Waals surface area contributed by atoms with E-state index in [9.17, 15) is 0 Å². The molecular weight excluding hydrogens is 364 g/mol. The first-order valence-electron chi connectivity index (χ1n) is 10.7. The Morgan fingerprint density at radius 2 is 1.90 bits per heavy atom. The lowest BCUT2D eigenvalue weighted by Gasteiger charge is -2.18. The Labute approximate surface area is 175 Å². The SMILES string of the molecule is CCNC(=NCc1cccc(CN(CC)CC)c1)NCCCOCc1ccco1. The Bertz CT molecular complexity index is 697. The van der Waals surface area contributed by atoms with Crippen LogP contribution in [0.25, 0.3) is 0 Å². The maximum Gasteiger partial charge on any atom is 0.191 e. The first-order valence-corrected chi connectivity index (χ1v) is 10.7. The number of aliphatic imine (C=N–C) groups is 1. The van der Waals surface area contributed by atoms with Crippen molar-refractivity contribution in [3.05, 3.63) is 59.5 Å². The first kappa shape index (κ1) is 23.0. The zero-order valence-corrected chi connectivity index (χ0v) is 18.1. The van der Waals surface area contributed by atoms with Crippen molar-refractivity contribution in [1.29, 1.82) is 0 Å². The van der Waals surface area contributed by atoms with Crippen molar-refractivity contribution in [1.82, 2.24) is 15.5 Å². The molecule has 2 rings (SSSR count). The molecule has 160 valence electrons. The van der Waals surface area contributed by atoms with Crippen molar-refractivity contribution in [2.75, 3.05) is 32.8 Å². The molecule has 0 aliphatic heterocycles. The van der Waals surface area contributed by atoms with E-state index in [0.717, 1.165) is 50.9 Å². The number of rotatable bonds is 13. The minimum Gasteiger partial charge on any atom is -0.467 e. The lowest BCUT2D eigenvalue weighted by atomic mass is 10.1. The van der Waals surface area contributed by atoms with Gasteiger partial charge in [-0.1, -0.05) is 38.1 Å². The molecule has 0 unspecified atom stereocenters. The van der Waals surface area contributed by atoms with Crippen LogP contribution in [0.15, 0.2) is 52.1 Å². The lowest BCUT2D eigenvalue weighted by Crippen LogP contribution is -2.38. The average molecular weight is 401 g/mol. The van der Waals surface area contributed by atoms with Crippen LogP contribution in [0.2, 0.25) is 0 Å². The molecule has 2 N–H and O–H groups in total. The molecule has 6 nitrogen and oxygen atoms in total. The molecule has 0 bridgehead atoms. The maximum absolute atomic E-state index is 5.61. The normalized spacial score (nSPS) is 11.8. The molecule has 0 atom stereocenters. The molecule has 2 aromatic rings. The Balaban J connectivity index is 1.75. The fourth-order valence-corrected chi connectivity index (χ4v) is 2.99. The summed E-state index contributed by atoms with van der Waals surface area (Å²) >= 11 is 0. The standard InChI is InChI=1S/C23H36N4O2/c1-4-24-23(25-13-9-14-28-19-22-12-8-15-29-22)26-17-20-10-7-11-21(16-20)18-27(5-2)6-3/h7-8,10-12,15-16H,4-6,9,13-14,17-19H2,1-3H3,(H2,24,25,26). The van der Waals surface area contributed by atoms with E-state index in [4.69, 9.17) is 14.1 Å². The van der Waals surface area contributed by atoms with E-state index in [1.165, 1.54) is 11.1 Å². The summed E-state index contributed by atoms with van der Waals surface area (Å²) in [6.07, 6.45) is 2.57. The van der Waals surface area contributed by atoms with E-state index in [1.54, 1.807) is 6.26 Å². The molecule has 1 aromatic heterocycles. The fourth-order valence-electron chi connectivity index (χ4n) is 2.99. The van der Waals surface area contributed by atoms with Gasteiger partial charge in [0.1, 0.15) is 12.4 Å². The highest BCUT2D eigenvalue weighted by atomic mass is 16.5. The Kier molecular flexibility index (Phi) is 10.9. The van der Waals surface area contributed by atoms with E-state index < -0.39 is 0 Å². The predicted molar refractivity (Wildman–Crippen MR) is 119 cm³/mol. The van der Waals surface area contributed by atoms with Gasteiger partial charge in [0.2, 0.25) is 0 Å². The molecule has 1 heterocycles. The molecule has 0 spiro atoms. The van der Waals surface area contributed by atoms with Crippen LogP contribution < -0.4 is 10.6 Å². The number of hydrogen-bond acceptors (Lipinski definition) is 4. The summed E-state index contributed by atoms with van der Waals surface area (Å²) in [6, 6.07) is 12.5. The molecule has 0 amide bonds. The van der Waals surface area contributed by atoms with Gasteiger partial charge in [0.15, 0.2) is 5.96 Å². The third-order valence-electron chi connectivity index (χ3n) is 4.64. The van der Waals surface area contributed by atoms with Crippen LogP contribution in [0, 0.1) is 0 Å². The number of nitrogens with one attached hydrogen (secondary N) is 2. The minimum atomic E-state index is 0.519. The van der Waals surface area contributed by atoms with E-state index >= 15 is 0 Å². The number of furan rings is 1. The second-order valence-corrected chi connectivity index (χ2v) is 6.89. The van der Waals surface area contributed by atoms with Crippen LogP contribution >= 0.6 is 0 Å². The van der Waals surface area contributed by atoms with E-state index in [0.29, 0.717) is 19.8 Å². The van der Waals surface area contributed by atoms with Crippen molar-refractivity contribution in [3.63, 3.8) is 0 Å². The lowest BCUT2D eigenvalue weighted by molar-refractivity contribution is 0.105. The summed E-state index contributed by atoms with van der Waals surface area (Å²) in [5.74, 6) is 1.70. The molecule has 1 aromatic carbocycles. The monoisotopic (exact) mass is 400 g/mol. The van der Waals surface area contributed by atoms with E-state index in [2.05, 4.69) is 60.6 Å². The third kappa shape index (κ3) is 9.15. The Morgan fingerprint density at radius 3 is 2.62 bits per heavy atom. The molecule has 0 aliphatic carbocycles. The van der Waals surface area contributed by atoms with Crippen molar-refractivity contribution >= 4 is 5.96 Å². The van der Waals surface area contributed by atoms with Gasteiger partial charge < -0.3 is 19.8 Å². The molecule has 0 fully saturated rings. The average Bonchev–Trinajstić information content (AvgIpc) is 3.26. The summed E-state index contributed by atoms with van der Waals surface area (Å²) in [7, 11) is 0. The van der Waals surface area contributed by atoms with Crippen LogP contribution in [0.1, 0.15) is 44.1 Å². The highest BCUT2D eigenvalue weighted by molar-refractivity contribution is 5.79. The van der Waals surface area contributed by atoms with Gasteiger partial charge in [-0.2, -0.15) is 0 Å². The predicted octanol–water partition coefficient (Wildman–Crippen LogP) is 3.78. The van der Waals surface area contributed by atoms with Gasteiger partial charge in [-0.3, -0.25) is 4.90 Å². The van der Waals surface area contributed by atoms with Crippen molar-refractivity contribution in [2.24, 2.45) is 4.99 Å². The summed E-state index contributed by atoms with van der Waals surface area (Å²) in [5, 5.41) is 6.68. The second kappa shape index (κ2) is 13.8. The molecule has 0 aliphatic rings. The smallest absolute Gasteiger partial charge is 0.191 e. The Morgan fingerprint density at radius 1 is 1.07 bits per heavy atom. The van der Waals surface area contributed by atoms with Crippen molar-refractivity contribution in [2.45, 2.75) is 46.9 Å². The van der Waals surface area contributed by atoms with Gasteiger partial charge in [0.25, 0.3) is 0 Å². The molecule has 29 heavy (non-hydrogen) atoms. The number of hydrogen-bond donors (Lipinski definition) is 2. The molecule has 0 saturated heterocycles. The van der Waals surface area contributed by atoms with Gasteiger partial charge in [-0.05, 0) is 49.7 Å². The molecular formula is C23H36N4O2. The van der Waals surface area contributed by atoms with Gasteiger partial charge in [-0.25, -0.2) is 4.99 Å². The van der Waals surface area contributed by atoms with E-state index in [-0.39, 0.29) is 0 Å². The number of benzene rings is 1. The van der Waals surface area contributed by atoms with E-state index in [1.807, 2.05) is 12.1 Å². The summed E-state index contributed by atoms with van der Waals surface area (Å²) in [6.45, 7) is 13.1. The quantitative estimate of drug-likeness (QED) is 0.304. The van der Waals surface area contributed by atoms with Crippen molar-refractivity contribution < 1.29 is 9.15 Å². The van der Waals surface area contributed by atoms with Crippen LogP contribution in [0.5, 0.6) is 0 Å². The highest BCUT2D eigenvalue weighted by Gasteiger charge is 2.03. The third-order valence-corrected chi connectivity index (χ3v) is 4.64. The topological polar surface area (TPSA) is 62.0 Å². The maximum atomic E-state index is 5.61. The molecule has 0 saturated carbocycles. The molecule has 6 heteroatoms. The number of nitrogens with zero attached hydrogens (tertiary/aromatic N) is 2. The Hall–Kier alpha value is -2.31. The zero-order chi connectivity index (χ0) is 20.7. The molecule has 0 radical (unpaired) electrons. The highest BCUT2D eigenvalue weighted by Crippen LogP contribution is 2.09. The largest absolute Gasteiger partial charge is 0.467 e. The zero-order valence-electron chi connectivity index (χ0n) is 18.1. The van der Waals surface area contributed by atoms with Crippen LogP contribution in [0.3, 0.4) is 0 Å². The van der Waals surface area contributed by atoms with Gasteiger partial charge in [0.05, 0.1) is 12.8 Å². The number of ether oxygens (including phenoxy) is 1. The summed E-state index contributed by atoms with van der Waals surface area (Å²) in [4.78, 5) is 7.15. The summed E-state index contributed by atoms with van der Waals surface area (Å²) in [5.41, 5.74) is 2.57. The van der Waals surface area contributed by atoms with Gasteiger partial charge in [-0.15, -0.1) is 0 Å². The second-order valence-electron chi connectivity index (χ2n) is 6.89. The van der Waals surface area contributed by atoms with Crippen LogP contribution in [-0.2, 0) is 24.4 Å². The van der Waals surface area contributed by atoms with Gasteiger partial charge in [0, 0.05) is 26.2 Å². The fraction of sp³-hybridized carbons (Fsp3) is 0.522. The van der Waals surface area contributed by atoms with Crippen LogP contribution in [0.4, 0.5) is 0 Å². The van der Waals surface area contributed by atoms with Crippen LogP contribution in [-0.4, -0.2) is 43.6 Å². The van der Waals surface area contributed by atoms with Crippen molar-refractivity contribution in [3.8, 4) is 0 Å². The number of guanidine groups is 1. The first-order chi connectivity index (χ1) is 14.2. The summed E-state index contributed by atoms with van der Waals surface area (Å²) < 4.78 is 10.9. The minimum absolute atomic E-state index is 0.519. The van der Waals surface area contributed by atoms with Gasteiger partial charge >= 0.3 is 0 Å².